The average Bonchev–Trinajstić information content (AvgIpc) is 3.41. The third-order valence-electron chi connectivity index (χ3n) is 5.95. The maximum Gasteiger partial charge on any atom is 0.229 e. The summed E-state index contributed by atoms with van der Waals surface area (Å²) in [4.78, 5) is 26.5. The molecule has 0 saturated carbocycles. The van der Waals surface area contributed by atoms with Crippen LogP contribution in [0.15, 0.2) is 41.0 Å². The second-order valence-electron chi connectivity index (χ2n) is 8.06. The minimum atomic E-state index is -0.0341. The third-order valence-corrected chi connectivity index (χ3v) is 9.11. The van der Waals surface area contributed by atoms with Crippen LogP contribution in [0.5, 0.6) is 0 Å². The molecule has 0 radical (unpaired) electrons. The zero-order valence-electron chi connectivity index (χ0n) is 18.4. The number of fused-ring (bicyclic) bond motifs is 1. The second kappa shape index (κ2) is 9.74. The van der Waals surface area contributed by atoms with Crippen LogP contribution in [-0.2, 0) is 10.5 Å². The first-order valence-electron chi connectivity index (χ1n) is 10.8. The minimum Gasteiger partial charge on any atom is -0.356 e. The summed E-state index contributed by atoms with van der Waals surface area (Å²) in [5.74, 6) is 1.82. The molecule has 1 N–H and O–H groups in total. The molecule has 1 fully saturated rings. The molecule has 1 aliphatic rings. The van der Waals surface area contributed by atoms with Crippen molar-refractivity contribution < 1.29 is 4.79 Å². The summed E-state index contributed by atoms with van der Waals surface area (Å²) in [6.07, 6.45) is 3.22. The van der Waals surface area contributed by atoms with Crippen LogP contribution in [0.25, 0.3) is 10.2 Å². The van der Waals surface area contributed by atoms with Gasteiger partial charge in [-0.25, -0.2) is 9.97 Å². The molecular formula is C23H24N6OS3. The number of anilines is 2. The number of thioether (sulfide) groups is 1. The fourth-order valence-corrected chi connectivity index (χ4v) is 6.70. The maximum absolute atomic E-state index is 12.8. The van der Waals surface area contributed by atoms with Gasteiger partial charge in [0, 0.05) is 29.6 Å². The highest BCUT2D eigenvalue weighted by molar-refractivity contribution is 8.00. The second-order valence-corrected chi connectivity index (χ2v) is 11.5. The predicted octanol–water partition coefficient (Wildman–Crippen LogP) is 5.31. The van der Waals surface area contributed by atoms with Crippen LogP contribution in [0.3, 0.4) is 0 Å². The highest BCUT2D eigenvalue weighted by atomic mass is 32.2. The first-order chi connectivity index (χ1) is 16.1. The molecular weight excluding hydrogens is 472 g/mol. The zero-order chi connectivity index (χ0) is 22.8. The van der Waals surface area contributed by atoms with Gasteiger partial charge in [-0.2, -0.15) is 0 Å². The number of rotatable bonds is 6. The Kier molecular flexibility index (Phi) is 6.57. The number of nitrogens with one attached hydrogen (secondary N) is 1. The number of hydrogen-bond acceptors (Lipinski definition) is 9. The molecule has 10 heteroatoms. The van der Waals surface area contributed by atoms with Crippen LogP contribution in [0, 0.1) is 19.8 Å². The van der Waals surface area contributed by atoms with E-state index in [0.29, 0.717) is 5.13 Å². The van der Waals surface area contributed by atoms with E-state index in [2.05, 4.69) is 56.4 Å². The molecule has 5 rings (SSSR count). The topological polar surface area (TPSA) is 83.9 Å². The molecule has 7 nitrogen and oxygen atoms in total. The molecule has 0 unspecified atom stereocenters. The van der Waals surface area contributed by atoms with Crippen molar-refractivity contribution in [3.05, 3.63) is 52.7 Å². The molecule has 0 aliphatic carbocycles. The van der Waals surface area contributed by atoms with E-state index in [1.54, 1.807) is 29.4 Å². The highest BCUT2D eigenvalue weighted by Crippen LogP contribution is 2.36. The number of aromatic nitrogens is 4. The van der Waals surface area contributed by atoms with Gasteiger partial charge in [0.05, 0.1) is 5.39 Å². The fraction of sp³-hybridized carbons (Fsp3) is 0.348. The van der Waals surface area contributed by atoms with Gasteiger partial charge in [-0.1, -0.05) is 53.4 Å². The van der Waals surface area contributed by atoms with Crippen LogP contribution in [0.2, 0.25) is 0 Å². The average molecular weight is 497 g/mol. The Bertz CT molecular complexity index is 1260. The molecule has 1 aliphatic heterocycles. The van der Waals surface area contributed by atoms with Gasteiger partial charge in [-0.05, 0) is 37.8 Å². The Morgan fingerprint density at radius 2 is 1.91 bits per heavy atom. The van der Waals surface area contributed by atoms with E-state index in [9.17, 15) is 4.79 Å². The maximum atomic E-state index is 12.8. The van der Waals surface area contributed by atoms with E-state index in [1.807, 2.05) is 18.2 Å². The van der Waals surface area contributed by atoms with Crippen molar-refractivity contribution in [2.24, 2.45) is 5.92 Å². The van der Waals surface area contributed by atoms with Crippen LogP contribution < -0.4 is 10.2 Å². The SMILES string of the molecule is Cc1sc2ncnc(N3CCC(C(=O)Nc4nnc(SCc5ccccc5)s4)CC3)c2c1C. The number of piperidine rings is 1. The lowest BCUT2D eigenvalue weighted by atomic mass is 9.96. The van der Waals surface area contributed by atoms with Crippen LogP contribution in [-0.4, -0.2) is 39.2 Å². The summed E-state index contributed by atoms with van der Waals surface area (Å²) in [6.45, 7) is 5.86. The van der Waals surface area contributed by atoms with Crippen molar-refractivity contribution in [2.75, 3.05) is 23.3 Å². The van der Waals surface area contributed by atoms with E-state index in [0.717, 1.165) is 52.1 Å². The normalized spacial score (nSPS) is 14.7. The summed E-state index contributed by atoms with van der Waals surface area (Å²) in [5, 5.41) is 13.1. The molecule has 0 bridgehead atoms. The molecule has 170 valence electrons. The van der Waals surface area contributed by atoms with Gasteiger partial charge < -0.3 is 10.2 Å². The summed E-state index contributed by atoms with van der Waals surface area (Å²) in [6, 6.07) is 10.3. The first kappa shape index (κ1) is 22.2. The van der Waals surface area contributed by atoms with Crippen LogP contribution in [0.1, 0.15) is 28.8 Å². The number of benzene rings is 1. The van der Waals surface area contributed by atoms with Crippen molar-refractivity contribution in [1.82, 2.24) is 20.2 Å². The third kappa shape index (κ3) is 4.87. The molecule has 0 atom stereocenters. The lowest BCUT2D eigenvalue weighted by Gasteiger charge is -2.32. The Labute approximate surface area is 204 Å². The van der Waals surface area contributed by atoms with Gasteiger partial charge in [0.15, 0.2) is 4.34 Å². The van der Waals surface area contributed by atoms with Crippen molar-refractivity contribution >= 4 is 61.5 Å². The van der Waals surface area contributed by atoms with Gasteiger partial charge >= 0.3 is 0 Å². The lowest BCUT2D eigenvalue weighted by molar-refractivity contribution is -0.120. The number of aryl methyl sites for hydroxylation is 2. The Balaban J connectivity index is 1.17. The zero-order valence-corrected chi connectivity index (χ0v) is 20.9. The smallest absolute Gasteiger partial charge is 0.229 e. The highest BCUT2D eigenvalue weighted by Gasteiger charge is 2.28. The van der Waals surface area contributed by atoms with E-state index < -0.39 is 0 Å². The molecule has 33 heavy (non-hydrogen) atoms. The Morgan fingerprint density at radius 3 is 2.70 bits per heavy atom. The van der Waals surface area contributed by atoms with Crippen LogP contribution >= 0.6 is 34.4 Å². The Hall–Kier alpha value is -2.56. The predicted molar refractivity (Wildman–Crippen MR) is 136 cm³/mol. The standard InChI is InChI=1S/C23H24N6OS3/c1-14-15(2)32-21-18(14)19(24-13-25-21)29-10-8-17(9-11-29)20(30)26-22-27-28-23(33-22)31-12-16-6-4-3-5-7-16/h3-7,13,17H,8-12H2,1-2H3,(H,26,27,30). The summed E-state index contributed by atoms with van der Waals surface area (Å²) < 4.78 is 0.859. The number of thiophene rings is 1. The number of nitrogens with zero attached hydrogens (tertiary/aromatic N) is 5. The largest absolute Gasteiger partial charge is 0.356 e. The summed E-state index contributed by atoms with van der Waals surface area (Å²) in [5.41, 5.74) is 2.49. The van der Waals surface area contributed by atoms with Crippen LogP contribution in [0.4, 0.5) is 10.9 Å². The molecule has 4 heterocycles. The van der Waals surface area contributed by atoms with Gasteiger partial charge in [0.25, 0.3) is 0 Å². The molecule has 1 amide bonds. The van der Waals surface area contributed by atoms with Gasteiger partial charge in [0.2, 0.25) is 11.0 Å². The van der Waals surface area contributed by atoms with E-state index >= 15 is 0 Å². The number of carbonyl (C=O) groups excluding carboxylic acids is 1. The molecule has 1 aromatic carbocycles. The molecule has 0 spiro atoms. The van der Waals surface area contributed by atoms with E-state index in [1.165, 1.54) is 27.3 Å². The number of carbonyl (C=O) groups is 1. The van der Waals surface area contributed by atoms with Crippen molar-refractivity contribution in [1.29, 1.82) is 0 Å². The quantitative estimate of drug-likeness (QED) is 0.286. The van der Waals surface area contributed by atoms with Crippen molar-refractivity contribution in [2.45, 2.75) is 36.8 Å². The van der Waals surface area contributed by atoms with E-state index in [4.69, 9.17) is 0 Å². The van der Waals surface area contributed by atoms with Gasteiger partial charge in [0.1, 0.15) is 17.0 Å². The van der Waals surface area contributed by atoms with Gasteiger partial charge in [-0.3, -0.25) is 4.79 Å². The monoisotopic (exact) mass is 496 g/mol. The molecule has 3 aromatic heterocycles. The van der Waals surface area contributed by atoms with E-state index in [-0.39, 0.29) is 11.8 Å². The minimum absolute atomic E-state index is 0.0285. The molecule has 1 saturated heterocycles. The first-order valence-corrected chi connectivity index (χ1v) is 13.5. The molecule has 4 aromatic rings. The summed E-state index contributed by atoms with van der Waals surface area (Å²) in [7, 11) is 0. The van der Waals surface area contributed by atoms with Crippen molar-refractivity contribution in [3.63, 3.8) is 0 Å². The number of amides is 1. The lowest BCUT2D eigenvalue weighted by Crippen LogP contribution is -2.38. The summed E-state index contributed by atoms with van der Waals surface area (Å²) >= 11 is 4.78. The Morgan fingerprint density at radius 1 is 1.12 bits per heavy atom. The number of hydrogen-bond donors (Lipinski definition) is 1. The fourth-order valence-electron chi connectivity index (χ4n) is 4.00. The van der Waals surface area contributed by atoms with Crippen molar-refractivity contribution in [3.8, 4) is 0 Å². The van der Waals surface area contributed by atoms with Gasteiger partial charge in [-0.15, -0.1) is 21.5 Å².